The first-order valence-corrected chi connectivity index (χ1v) is 8.57. The zero-order valence-electron chi connectivity index (χ0n) is 15.4. The summed E-state index contributed by atoms with van der Waals surface area (Å²) in [6.07, 6.45) is -4.37. The minimum Gasteiger partial charge on any atom is -0.406 e. The largest absolute Gasteiger partial charge is 0.573 e. The van der Waals surface area contributed by atoms with Crippen LogP contribution in [0.1, 0.15) is 11.1 Å². The molecule has 0 aliphatic rings. The smallest absolute Gasteiger partial charge is 0.406 e. The van der Waals surface area contributed by atoms with Crippen LogP contribution in [-0.4, -0.2) is 38.8 Å². The van der Waals surface area contributed by atoms with E-state index < -0.39 is 19.1 Å². The minimum absolute atomic E-state index is 0.141. The second kappa shape index (κ2) is 8.13. The molecule has 6 nitrogen and oxygen atoms in total. The van der Waals surface area contributed by atoms with Crippen LogP contribution in [0.15, 0.2) is 36.7 Å². The van der Waals surface area contributed by atoms with Gasteiger partial charge in [0.2, 0.25) is 0 Å². The number of nitrogens with two attached hydrogens (primary N) is 1. The maximum atomic E-state index is 12.4. The van der Waals surface area contributed by atoms with Crippen LogP contribution in [0, 0.1) is 11.8 Å². The summed E-state index contributed by atoms with van der Waals surface area (Å²) in [6, 6.07) is 7.23. The number of rotatable bonds is 4. The maximum absolute atomic E-state index is 12.4. The monoisotopic (exact) mass is 405 g/mol. The van der Waals surface area contributed by atoms with Gasteiger partial charge in [-0.3, -0.25) is 0 Å². The lowest BCUT2D eigenvalue weighted by Crippen LogP contribution is -2.16. The Morgan fingerprint density at radius 3 is 2.55 bits per heavy atom. The van der Waals surface area contributed by atoms with Gasteiger partial charge >= 0.3 is 6.36 Å². The number of halogens is 3. The number of fused-ring (bicyclic) bond motifs is 1. The first kappa shape index (κ1) is 20.7. The predicted octanol–water partition coefficient (Wildman–Crippen LogP) is 2.30. The van der Waals surface area contributed by atoms with Crippen LogP contribution >= 0.6 is 0 Å². The summed E-state index contributed by atoms with van der Waals surface area (Å²) in [5, 5.41) is 18.5. The van der Waals surface area contributed by atoms with Gasteiger partial charge in [-0.05, 0) is 29.3 Å². The second-order valence-corrected chi connectivity index (χ2v) is 6.25. The topological polar surface area (TPSA) is 93.5 Å². The predicted molar refractivity (Wildman–Crippen MR) is 101 cm³/mol. The molecule has 2 aromatic carbocycles. The Kier molecular flexibility index (Phi) is 5.79. The fraction of sp³-hybridized carbons (Fsp3) is 0.250. The van der Waals surface area contributed by atoms with Gasteiger partial charge in [0, 0.05) is 19.2 Å². The molecule has 3 rings (SSSR count). The average molecular weight is 405 g/mol. The molecule has 0 radical (unpaired) electrons. The van der Waals surface area contributed by atoms with Crippen molar-refractivity contribution in [1.29, 1.82) is 0 Å². The van der Waals surface area contributed by atoms with Crippen LogP contribution < -0.4 is 10.5 Å². The lowest BCUT2D eigenvalue weighted by molar-refractivity contribution is -0.274. The van der Waals surface area contributed by atoms with Gasteiger partial charge < -0.3 is 25.3 Å². The van der Waals surface area contributed by atoms with E-state index in [0.29, 0.717) is 33.3 Å². The highest BCUT2D eigenvalue weighted by molar-refractivity contribution is 5.96. The molecule has 0 fully saturated rings. The number of imidazole rings is 1. The van der Waals surface area contributed by atoms with E-state index in [2.05, 4.69) is 21.6 Å². The number of aromatic nitrogens is 2. The summed E-state index contributed by atoms with van der Waals surface area (Å²) in [5.41, 5.74) is 9.67. The molecule has 9 heteroatoms. The number of hydrogen-bond donors (Lipinski definition) is 3. The number of ether oxygens (including phenoxy) is 1. The molecule has 4 N–H and O–H groups in total. The molecule has 0 unspecified atom stereocenters. The summed E-state index contributed by atoms with van der Waals surface area (Å²) < 4.78 is 42.8. The molecular weight excluding hydrogens is 387 g/mol. The number of benzene rings is 2. The fourth-order valence-electron chi connectivity index (χ4n) is 2.95. The van der Waals surface area contributed by atoms with Crippen molar-refractivity contribution in [2.75, 3.05) is 6.61 Å². The van der Waals surface area contributed by atoms with Crippen molar-refractivity contribution in [2.24, 2.45) is 12.8 Å². The maximum Gasteiger partial charge on any atom is 0.573 e. The van der Waals surface area contributed by atoms with E-state index >= 15 is 0 Å². The van der Waals surface area contributed by atoms with Gasteiger partial charge in [-0.25, -0.2) is 4.98 Å². The Morgan fingerprint density at radius 1 is 1.28 bits per heavy atom. The highest BCUT2D eigenvalue weighted by atomic mass is 19.4. The third-order valence-electron chi connectivity index (χ3n) is 4.22. The lowest BCUT2D eigenvalue weighted by atomic mass is 9.96. The van der Waals surface area contributed by atoms with Gasteiger partial charge in [-0.2, -0.15) is 0 Å². The van der Waals surface area contributed by atoms with E-state index in [4.69, 9.17) is 10.8 Å². The van der Waals surface area contributed by atoms with Crippen LogP contribution in [0.3, 0.4) is 0 Å². The molecular formula is C20H18F3N3O3. The molecule has 0 spiro atoms. The normalized spacial score (nSPS) is 12.5. The molecule has 0 saturated heterocycles. The standard InChI is InChI=1S/C20H18F3N3O3/c1-26-11-25-18-17(12-2-5-15(6-3-12)29-20(21,22)23)8-13(9-24)16(19(18)26)7-4-14(28)10-27/h2-3,5-6,8,11,14,27-28H,9-10,24H2,1H3/t14-/m1/s1. The summed E-state index contributed by atoms with van der Waals surface area (Å²) >= 11 is 0. The van der Waals surface area contributed by atoms with Crippen LogP contribution in [0.4, 0.5) is 13.2 Å². The number of alkyl halides is 3. The van der Waals surface area contributed by atoms with Crippen molar-refractivity contribution >= 4 is 11.0 Å². The first-order chi connectivity index (χ1) is 13.7. The summed E-state index contributed by atoms with van der Waals surface area (Å²) in [6.45, 7) is -0.355. The minimum atomic E-state index is -4.76. The Bertz CT molecular complexity index is 1080. The van der Waals surface area contributed by atoms with Crippen molar-refractivity contribution in [3.63, 3.8) is 0 Å². The van der Waals surface area contributed by atoms with E-state index in [0.717, 1.165) is 0 Å². The summed E-state index contributed by atoms with van der Waals surface area (Å²) in [7, 11) is 1.77. The van der Waals surface area contributed by atoms with E-state index in [-0.39, 0.29) is 12.3 Å². The van der Waals surface area contributed by atoms with Gasteiger partial charge in [-0.1, -0.05) is 24.0 Å². The van der Waals surface area contributed by atoms with E-state index in [1.165, 1.54) is 24.3 Å². The van der Waals surface area contributed by atoms with Crippen molar-refractivity contribution < 1.29 is 28.1 Å². The fourth-order valence-corrected chi connectivity index (χ4v) is 2.95. The molecule has 0 aliphatic carbocycles. The molecule has 1 aromatic heterocycles. The number of hydrogen-bond acceptors (Lipinski definition) is 5. The van der Waals surface area contributed by atoms with Crippen LogP contribution in [-0.2, 0) is 13.6 Å². The summed E-state index contributed by atoms with van der Waals surface area (Å²) in [5.74, 6) is 5.09. The number of nitrogens with zero attached hydrogens (tertiary/aromatic N) is 2. The number of aliphatic hydroxyl groups excluding tert-OH is 2. The van der Waals surface area contributed by atoms with Gasteiger partial charge in [0.15, 0.2) is 0 Å². The van der Waals surface area contributed by atoms with Crippen LogP contribution in [0.2, 0.25) is 0 Å². The van der Waals surface area contributed by atoms with Crippen LogP contribution in [0.5, 0.6) is 5.75 Å². The zero-order chi connectivity index (χ0) is 21.2. The van der Waals surface area contributed by atoms with Crippen molar-refractivity contribution in [2.45, 2.75) is 19.0 Å². The summed E-state index contributed by atoms with van der Waals surface area (Å²) in [4.78, 5) is 4.39. The SMILES string of the molecule is Cn1cnc2c(-c3ccc(OC(F)(F)F)cc3)cc(CN)c(C#C[C@@H](O)CO)c21. The first-order valence-electron chi connectivity index (χ1n) is 8.57. The molecule has 0 saturated carbocycles. The Morgan fingerprint density at radius 2 is 1.97 bits per heavy atom. The molecule has 0 bridgehead atoms. The average Bonchev–Trinajstić information content (AvgIpc) is 3.06. The molecule has 3 aromatic rings. The van der Waals surface area contributed by atoms with Crippen molar-refractivity contribution in [3.05, 3.63) is 47.8 Å². The zero-order valence-corrected chi connectivity index (χ0v) is 15.4. The van der Waals surface area contributed by atoms with Gasteiger partial charge in [0.1, 0.15) is 11.9 Å². The van der Waals surface area contributed by atoms with Crippen LogP contribution in [0.25, 0.3) is 22.2 Å². The molecule has 152 valence electrons. The number of aliphatic hydroxyl groups is 2. The van der Waals surface area contributed by atoms with E-state index in [1.807, 2.05) is 0 Å². The molecule has 0 aliphatic heterocycles. The highest BCUT2D eigenvalue weighted by Gasteiger charge is 2.31. The van der Waals surface area contributed by atoms with Crippen molar-refractivity contribution in [1.82, 2.24) is 9.55 Å². The van der Waals surface area contributed by atoms with Gasteiger partial charge in [0.05, 0.1) is 29.5 Å². The quantitative estimate of drug-likeness (QED) is 0.580. The third-order valence-corrected chi connectivity index (χ3v) is 4.22. The Labute approximate surface area is 164 Å². The molecule has 29 heavy (non-hydrogen) atoms. The van der Waals surface area contributed by atoms with Crippen molar-refractivity contribution in [3.8, 4) is 28.7 Å². The lowest BCUT2D eigenvalue weighted by Gasteiger charge is -2.12. The molecule has 1 heterocycles. The molecule has 1 atom stereocenters. The Balaban J connectivity index is 2.14. The van der Waals surface area contributed by atoms with E-state index in [9.17, 15) is 18.3 Å². The third kappa shape index (κ3) is 4.51. The van der Waals surface area contributed by atoms with Gasteiger partial charge in [-0.15, -0.1) is 13.2 Å². The van der Waals surface area contributed by atoms with Gasteiger partial charge in [0.25, 0.3) is 0 Å². The second-order valence-electron chi connectivity index (χ2n) is 6.25. The number of aryl methyl sites for hydroxylation is 1. The van der Waals surface area contributed by atoms with E-state index in [1.54, 1.807) is 24.0 Å². The Hall–Kier alpha value is -3.06. The highest BCUT2D eigenvalue weighted by Crippen LogP contribution is 2.33. The molecule has 0 amide bonds.